The van der Waals surface area contributed by atoms with E-state index in [0.717, 1.165) is 91.7 Å². The van der Waals surface area contributed by atoms with Crippen LogP contribution < -0.4 is 35.2 Å². The van der Waals surface area contributed by atoms with E-state index in [1.165, 1.54) is 59.4 Å². The fourth-order valence-electron chi connectivity index (χ4n) is 20.0. The van der Waals surface area contributed by atoms with Gasteiger partial charge in [0.2, 0.25) is 0 Å². The first-order valence-corrected chi connectivity index (χ1v) is 43.5. The number of rotatable bonds is 14. The van der Waals surface area contributed by atoms with Gasteiger partial charge in [-0.2, -0.15) is 0 Å². The molecular formula is C90H134N6O22. The number of anilines is 1. The van der Waals surface area contributed by atoms with E-state index in [-0.39, 0.29) is 43.9 Å². The molecular weight excluding hydrogens is 1520 g/mol. The third-order valence-electron chi connectivity index (χ3n) is 25.9. The molecule has 0 bridgehead atoms. The average molecular weight is 1650 g/mol. The standard InChI is InChI=1S/C45H67N3O11.C27H44O3.C18H23N3O8/c1-30(7-5-13-44(2,3)53)36-10-11-37-31(8-6-14-45(36,37)4)25-38-34-27-33(49)28-39(50)35(34)29-46-42(51)47(43(52)48(38)46)32-9-12-40-41(26-32)59-24-22-57-20-18-55-16-15-54-17-19-56-21-23-58-40;1-18(8-6-14-26(3,4)30)23-12-13-24-20(9-7-15-27(23,24)5)10-11-21-16-22(28)17-25(29)19(21)2;22-17-19-20-18(23)21(17)14-1-2-15-16(13-14)29-12-10-27-8-6-25-4-3-24-5-7-26-9-11-28-15/h9,12,25-26,30,33,36-39,49-50,53H,5-8,10-11,13-24,27-29H2,1-4H3;10-11,18,22-25,28-30H,2,6-9,12-17H2,1,3-5H3;1-2,13H,3-12H2/b;20-10+,21-11-;/t30-,33-,36-,37?,38?,39+,45-;18-,22-,23-,24?,25+,27-;/m11./s1. The van der Waals surface area contributed by atoms with Crippen molar-refractivity contribution < 1.29 is 97.1 Å². The molecule has 5 fully saturated rings. The topological polar surface area (TPSA) is 343 Å². The van der Waals surface area contributed by atoms with Crippen molar-refractivity contribution in [2.75, 3.05) is 137 Å². The highest BCUT2D eigenvalue weighted by molar-refractivity contribution is 6.17. The van der Waals surface area contributed by atoms with Crippen molar-refractivity contribution in [3.63, 3.8) is 0 Å². The van der Waals surface area contributed by atoms with Crippen molar-refractivity contribution in [3.05, 3.63) is 116 Å². The zero-order chi connectivity index (χ0) is 84.2. The lowest BCUT2D eigenvalue weighted by Crippen LogP contribution is -2.42. The molecule has 5 heterocycles. The summed E-state index contributed by atoms with van der Waals surface area (Å²) in [6.45, 7) is 29.2. The molecule has 2 aromatic carbocycles. The van der Waals surface area contributed by atoms with E-state index in [9.17, 15) is 49.8 Å². The maximum absolute atomic E-state index is 14.8. The van der Waals surface area contributed by atoms with Gasteiger partial charge in [-0.15, -0.1) is 0 Å². The van der Waals surface area contributed by atoms with Crippen LogP contribution in [0, 0.1) is 46.3 Å². The van der Waals surface area contributed by atoms with Crippen LogP contribution in [0.3, 0.4) is 0 Å². The number of fused-ring (bicyclic) bond motifs is 5. The number of allylic oxidation sites excluding steroid dienone is 5. The van der Waals surface area contributed by atoms with Gasteiger partial charge in [-0.3, -0.25) is 0 Å². The molecule has 118 heavy (non-hydrogen) atoms. The van der Waals surface area contributed by atoms with Crippen molar-refractivity contribution in [1.82, 2.24) is 13.9 Å². The van der Waals surface area contributed by atoms with Gasteiger partial charge in [-0.1, -0.05) is 99.6 Å². The number of urea groups is 2. The number of hydrogen-bond acceptors (Lipinski definition) is 22. The summed E-state index contributed by atoms with van der Waals surface area (Å²) in [5.74, 6) is 5.11. The summed E-state index contributed by atoms with van der Waals surface area (Å²) >= 11 is 0. The van der Waals surface area contributed by atoms with Gasteiger partial charge in [0.25, 0.3) is 0 Å². The summed E-state index contributed by atoms with van der Waals surface area (Å²) in [5.41, 5.74) is 5.03. The first kappa shape index (κ1) is 92.0. The molecule has 0 spiro atoms. The van der Waals surface area contributed by atoms with Crippen LogP contribution >= 0.6 is 0 Å². The Bertz CT molecular complexity index is 4070. The lowest BCUT2D eigenvalue weighted by Gasteiger charge is -2.45. The Morgan fingerprint density at radius 1 is 0.517 bits per heavy atom. The van der Waals surface area contributed by atoms with Crippen molar-refractivity contribution in [1.29, 1.82) is 0 Å². The van der Waals surface area contributed by atoms with Crippen molar-refractivity contribution >= 4 is 17.7 Å². The molecule has 3 aromatic rings. The Hall–Kier alpha value is -6.74. The first-order valence-electron chi connectivity index (χ1n) is 43.5. The van der Waals surface area contributed by atoms with E-state index < -0.39 is 65.1 Å². The maximum Gasteiger partial charge on any atom is 0.375 e. The normalized spacial score (nSPS) is 30.0. The van der Waals surface area contributed by atoms with Crippen LogP contribution in [0.15, 0.2) is 114 Å². The molecule has 4 amide bonds. The SMILES string of the molecule is C=C1/C(=C\C=C2/CCC[C@@]3(C)C2CC[C@@H]3[C@H](C)CCCC(C)(C)O)C[C@@H](O)C[C@@H]1O.C[C@H](CCCC(C)(C)O)[C@H]1CCC2C(=CC3C4=C(Cn5c(=O)n(-c6ccc7c(c6)OCCOCCOCCOCCOCCO7)c(=O)n53)[C@@H](O)C[C@H](O)C4)CCC[C@@]21C.O=C1N=NC(=O)N1c1ccc2c(c1)OCCOCCOCCOCCOCCO2. The van der Waals surface area contributed by atoms with Crippen molar-refractivity contribution in [2.24, 2.45) is 56.6 Å². The molecule has 1 aromatic heterocycles. The molecule has 10 aliphatic rings. The molecule has 6 aliphatic carbocycles. The minimum atomic E-state index is -0.921. The molecule has 28 nitrogen and oxygen atoms in total. The largest absolute Gasteiger partial charge is 0.487 e. The van der Waals surface area contributed by atoms with Gasteiger partial charge >= 0.3 is 23.4 Å². The molecule has 3 unspecified atom stereocenters. The summed E-state index contributed by atoms with van der Waals surface area (Å²) in [6.07, 6.45) is 23.0. The van der Waals surface area contributed by atoms with Crippen LogP contribution in [0.2, 0.25) is 0 Å². The number of aromatic nitrogens is 3. The Morgan fingerprint density at radius 3 is 1.41 bits per heavy atom. The number of aliphatic hydroxyl groups is 6. The molecule has 0 radical (unpaired) electrons. The lowest BCUT2D eigenvalue weighted by atomic mass is 9.60. The van der Waals surface area contributed by atoms with Crippen LogP contribution in [0.4, 0.5) is 15.3 Å². The molecule has 0 saturated heterocycles. The monoisotopic (exact) mass is 1650 g/mol. The van der Waals surface area contributed by atoms with Gasteiger partial charge in [0, 0.05) is 25.0 Å². The Morgan fingerprint density at radius 2 is 0.932 bits per heavy atom. The number of carbonyl (C=O) groups is 2. The van der Waals surface area contributed by atoms with E-state index in [1.807, 2.05) is 27.7 Å². The second kappa shape index (κ2) is 43.3. The highest BCUT2D eigenvalue weighted by Gasteiger charge is 2.53. The van der Waals surface area contributed by atoms with E-state index in [0.29, 0.717) is 201 Å². The number of nitrogens with zero attached hydrogens (tertiary/aromatic N) is 6. The summed E-state index contributed by atoms with van der Waals surface area (Å²) in [5, 5.41) is 69.4. The molecule has 5 saturated carbocycles. The lowest BCUT2D eigenvalue weighted by molar-refractivity contribution is -0.00841. The number of ether oxygens (including phenoxy) is 12. The van der Waals surface area contributed by atoms with Crippen molar-refractivity contribution in [2.45, 2.75) is 232 Å². The van der Waals surface area contributed by atoms with Crippen molar-refractivity contribution in [3.8, 4) is 28.7 Å². The van der Waals surface area contributed by atoms with Crippen LogP contribution in [-0.2, 0) is 44.4 Å². The Balaban J connectivity index is 0.000000193. The molecule has 6 N–H and O–H groups in total. The third kappa shape index (κ3) is 24.4. The highest BCUT2D eigenvalue weighted by atomic mass is 16.6. The summed E-state index contributed by atoms with van der Waals surface area (Å²) in [7, 11) is 0. The fourth-order valence-corrected chi connectivity index (χ4v) is 20.0. The minimum Gasteiger partial charge on any atom is -0.487 e. The van der Waals surface area contributed by atoms with Gasteiger partial charge in [0.15, 0.2) is 23.0 Å². The third-order valence-corrected chi connectivity index (χ3v) is 25.9. The maximum atomic E-state index is 14.8. The predicted molar refractivity (Wildman–Crippen MR) is 444 cm³/mol. The first-order chi connectivity index (χ1) is 56.6. The Kier molecular flexibility index (Phi) is 33.8. The van der Waals surface area contributed by atoms with Gasteiger partial charge < -0.3 is 87.5 Å². The van der Waals surface area contributed by atoms with Gasteiger partial charge in [-0.05, 0) is 210 Å². The minimum absolute atomic E-state index is 0.0615. The number of amides is 4. The van der Waals surface area contributed by atoms with E-state index in [4.69, 9.17) is 56.8 Å². The predicted octanol–water partition coefficient (Wildman–Crippen LogP) is 12.5. The Labute approximate surface area is 695 Å². The van der Waals surface area contributed by atoms with E-state index >= 15 is 0 Å². The number of carbonyl (C=O) groups excluding carboxylic acids is 2. The van der Waals surface area contributed by atoms with Crippen LogP contribution in [0.5, 0.6) is 23.0 Å². The average Bonchev–Trinajstić information content (AvgIpc) is 1.56. The number of imide groups is 1. The number of benzene rings is 2. The molecule has 656 valence electrons. The zero-order valence-electron chi connectivity index (χ0n) is 71.1. The van der Waals surface area contributed by atoms with Crippen LogP contribution in [0.1, 0.15) is 190 Å². The quantitative estimate of drug-likeness (QED) is 0.0817. The summed E-state index contributed by atoms with van der Waals surface area (Å²) in [6, 6.07) is 7.58. The number of aliphatic hydroxyl groups excluding tert-OH is 4. The zero-order valence-corrected chi connectivity index (χ0v) is 71.1. The number of azo groups is 1. The van der Waals surface area contributed by atoms with Gasteiger partial charge in [-0.25, -0.2) is 38.0 Å². The summed E-state index contributed by atoms with van der Waals surface area (Å²) in [4.78, 5) is 53.6. The summed E-state index contributed by atoms with van der Waals surface area (Å²) < 4.78 is 71.9. The second-order valence-corrected chi connectivity index (χ2v) is 35.4. The molecule has 13 atom stereocenters. The molecule has 4 aliphatic heterocycles. The number of hydrogen-bond donors (Lipinski definition) is 6. The van der Waals surface area contributed by atoms with E-state index in [2.05, 4.69) is 62.7 Å². The smallest absolute Gasteiger partial charge is 0.375 e. The van der Waals surface area contributed by atoms with Gasteiger partial charge in [0.1, 0.15) is 26.4 Å². The molecule has 13 rings (SSSR count). The van der Waals surface area contributed by atoms with Crippen LogP contribution in [0.25, 0.3) is 5.69 Å². The fraction of sp³-hybridized carbons (Fsp3) is 0.711. The van der Waals surface area contributed by atoms with Crippen LogP contribution in [-0.4, -0.2) is 224 Å². The second-order valence-electron chi connectivity index (χ2n) is 35.4. The van der Waals surface area contributed by atoms with Gasteiger partial charge in [0.05, 0.1) is 165 Å². The highest BCUT2D eigenvalue weighted by Crippen LogP contribution is 2.62. The van der Waals surface area contributed by atoms with E-state index in [1.54, 1.807) is 40.6 Å². The molecule has 28 heteroatoms.